The molecule has 4 heteroatoms. The van der Waals surface area contributed by atoms with Crippen molar-refractivity contribution in [2.24, 2.45) is 4.99 Å². The molecule has 0 bridgehead atoms. The zero-order valence-electron chi connectivity index (χ0n) is 11.3. The van der Waals surface area contributed by atoms with Crippen LogP contribution in [0.4, 0.5) is 11.4 Å². The van der Waals surface area contributed by atoms with Gasteiger partial charge in [0.1, 0.15) is 0 Å². The molecular formula is C16H17N3O. The van der Waals surface area contributed by atoms with Crippen LogP contribution in [0.15, 0.2) is 53.8 Å². The molecule has 1 aliphatic heterocycles. The van der Waals surface area contributed by atoms with Gasteiger partial charge in [0, 0.05) is 37.2 Å². The Labute approximate surface area is 118 Å². The maximum Gasteiger partial charge on any atom is 0.240 e. The Morgan fingerprint density at radius 2 is 1.70 bits per heavy atom. The Bertz CT molecular complexity index is 589. The minimum Gasteiger partial charge on any atom is -0.371 e. The minimum atomic E-state index is 0.611. The maximum absolute atomic E-state index is 10.2. The van der Waals surface area contributed by atoms with Gasteiger partial charge in [-0.1, -0.05) is 0 Å². The minimum absolute atomic E-state index is 0.611. The molecule has 2 aromatic rings. The number of aliphatic imine (C=N–C) groups is 1. The van der Waals surface area contributed by atoms with E-state index < -0.39 is 0 Å². The van der Waals surface area contributed by atoms with Gasteiger partial charge in [0.2, 0.25) is 6.08 Å². The van der Waals surface area contributed by atoms with Crippen molar-refractivity contribution >= 4 is 17.5 Å². The third-order valence-corrected chi connectivity index (χ3v) is 3.90. The standard InChI is InChI=1S/C16H17N3O/c20-13-17-14-3-5-15(6-4-14)19-11-7-16(8-12-19)18-9-1-2-10-18/h1-6,9-10,16H,7-8,11-12H2. The summed E-state index contributed by atoms with van der Waals surface area (Å²) in [6.45, 7) is 2.11. The van der Waals surface area contributed by atoms with Crippen LogP contribution in [0.3, 0.4) is 0 Å². The summed E-state index contributed by atoms with van der Waals surface area (Å²) in [5, 5.41) is 0. The number of rotatable bonds is 3. The van der Waals surface area contributed by atoms with Crippen LogP contribution in [0, 0.1) is 0 Å². The number of benzene rings is 1. The van der Waals surface area contributed by atoms with E-state index in [-0.39, 0.29) is 0 Å². The highest BCUT2D eigenvalue weighted by molar-refractivity contribution is 5.56. The fourth-order valence-corrected chi connectivity index (χ4v) is 2.80. The molecule has 0 unspecified atom stereocenters. The van der Waals surface area contributed by atoms with E-state index in [0.29, 0.717) is 11.7 Å². The normalized spacial score (nSPS) is 15.9. The summed E-state index contributed by atoms with van der Waals surface area (Å²) in [7, 11) is 0. The number of hydrogen-bond acceptors (Lipinski definition) is 3. The summed E-state index contributed by atoms with van der Waals surface area (Å²) in [5.41, 5.74) is 1.85. The van der Waals surface area contributed by atoms with Crippen molar-refractivity contribution < 1.29 is 4.79 Å². The van der Waals surface area contributed by atoms with E-state index in [4.69, 9.17) is 0 Å². The molecular weight excluding hydrogens is 250 g/mol. The van der Waals surface area contributed by atoms with E-state index in [9.17, 15) is 4.79 Å². The highest BCUT2D eigenvalue weighted by Crippen LogP contribution is 2.27. The number of nitrogens with zero attached hydrogens (tertiary/aromatic N) is 3. The van der Waals surface area contributed by atoms with Gasteiger partial charge in [0.25, 0.3) is 0 Å². The van der Waals surface area contributed by atoms with E-state index in [0.717, 1.165) is 25.9 Å². The summed E-state index contributed by atoms with van der Waals surface area (Å²) >= 11 is 0. The van der Waals surface area contributed by atoms with Gasteiger partial charge in [-0.2, -0.15) is 4.99 Å². The van der Waals surface area contributed by atoms with E-state index in [1.54, 1.807) is 6.08 Å². The van der Waals surface area contributed by atoms with E-state index in [2.05, 4.69) is 39.0 Å². The summed E-state index contributed by atoms with van der Waals surface area (Å²) in [6, 6.07) is 12.5. The molecule has 1 fully saturated rings. The third kappa shape index (κ3) is 2.65. The van der Waals surface area contributed by atoms with Crippen molar-refractivity contribution in [1.82, 2.24) is 4.57 Å². The van der Waals surface area contributed by atoms with Crippen LogP contribution in [0.2, 0.25) is 0 Å². The summed E-state index contributed by atoms with van der Waals surface area (Å²) < 4.78 is 2.30. The number of aromatic nitrogens is 1. The Kier molecular flexibility index (Phi) is 3.66. The molecule has 0 radical (unpaired) electrons. The number of carbonyl (C=O) groups excluding carboxylic acids is 1. The van der Waals surface area contributed by atoms with Crippen LogP contribution in [0.1, 0.15) is 18.9 Å². The van der Waals surface area contributed by atoms with Crippen molar-refractivity contribution in [3.63, 3.8) is 0 Å². The molecule has 102 valence electrons. The van der Waals surface area contributed by atoms with E-state index >= 15 is 0 Å². The number of piperidine rings is 1. The molecule has 0 atom stereocenters. The molecule has 0 spiro atoms. The third-order valence-electron chi connectivity index (χ3n) is 3.90. The van der Waals surface area contributed by atoms with Crippen LogP contribution in [0.25, 0.3) is 0 Å². The van der Waals surface area contributed by atoms with Gasteiger partial charge in [0.05, 0.1) is 5.69 Å². The van der Waals surface area contributed by atoms with Gasteiger partial charge in [-0.25, -0.2) is 4.79 Å². The molecule has 0 aliphatic carbocycles. The molecule has 1 aromatic carbocycles. The molecule has 4 nitrogen and oxygen atoms in total. The van der Waals surface area contributed by atoms with Gasteiger partial charge in [-0.05, 0) is 49.2 Å². The summed E-state index contributed by atoms with van der Waals surface area (Å²) in [5.74, 6) is 0. The van der Waals surface area contributed by atoms with Crippen molar-refractivity contribution in [2.75, 3.05) is 18.0 Å². The van der Waals surface area contributed by atoms with Gasteiger partial charge in [0.15, 0.2) is 0 Å². The molecule has 1 saturated heterocycles. The first-order valence-electron chi connectivity index (χ1n) is 6.92. The summed E-state index contributed by atoms with van der Waals surface area (Å²) in [6.07, 6.45) is 8.17. The molecule has 0 amide bonds. The van der Waals surface area contributed by atoms with Gasteiger partial charge < -0.3 is 9.47 Å². The van der Waals surface area contributed by atoms with Crippen LogP contribution in [-0.2, 0) is 4.79 Å². The van der Waals surface area contributed by atoms with Crippen molar-refractivity contribution in [3.8, 4) is 0 Å². The second-order valence-corrected chi connectivity index (χ2v) is 5.07. The van der Waals surface area contributed by atoms with Crippen LogP contribution >= 0.6 is 0 Å². The molecule has 0 N–H and O–H groups in total. The number of hydrogen-bond donors (Lipinski definition) is 0. The van der Waals surface area contributed by atoms with E-state index in [1.165, 1.54) is 5.69 Å². The lowest BCUT2D eigenvalue weighted by Crippen LogP contribution is -2.34. The van der Waals surface area contributed by atoms with Gasteiger partial charge in [-0.3, -0.25) is 0 Å². The number of isocyanates is 1. The molecule has 1 aliphatic rings. The van der Waals surface area contributed by atoms with Crippen molar-refractivity contribution in [3.05, 3.63) is 48.8 Å². The highest BCUT2D eigenvalue weighted by Gasteiger charge is 2.19. The first-order chi connectivity index (χ1) is 9.86. The molecule has 2 heterocycles. The smallest absolute Gasteiger partial charge is 0.240 e. The lowest BCUT2D eigenvalue weighted by molar-refractivity contribution is 0.397. The van der Waals surface area contributed by atoms with Crippen LogP contribution in [0.5, 0.6) is 0 Å². The average Bonchev–Trinajstić information content (AvgIpc) is 3.03. The maximum atomic E-state index is 10.2. The Morgan fingerprint density at radius 1 is 1.05 bits per heavy atom. The monoisotopic (exact) mass is 267 g/mol. The van der Waals surface area contributed by atoms with Crippen molar-refractivity contribution in [1.29, 1.82) is 0 Å². The molecule has 20 heavy (non-hydrogen) atoms. The predicted molar refractivity (Wildman–Crippen MR) is 79.1 cm³/mol. The first kappa shape index (κ1) is 12.7. The quantitative estimate of drug-likeness (QED) is 0.632. The Hall–Kier alpha value is -2.32. The lowest BCUT2D eigenvalue weighted by atomic mass is 10.0. The lowest BCUT2D eigenvalue weighted by Gasteiger charge is -2.34. The predicted octanol–water partition coefficient (Wildman–Crippen LogP) is 3.30. The topological polar surface area (TPSA) is 37.6 Å². The van der Waals surface area contributed by atoms with Gasteiger partial charge >= 0.3 is 0 Å². The largest absolute Gasteiger partial charge is 0.371 e. The second-order valence-electron chi connectivity index (χ2n) is 5.07. The molecule has 0 saturated carbocycles. The zero-order chi connectivity index (χ0) is 13.8. The Morgan fingerprint density at radius 3 is 2.30 bits per heavy atom. The Balaban J connectivity index is 1.64. The summed E-state index contributed by atoms with van der Waals surface area (Å²) in [4.78, 5) is 16.2. The zero-order valence-corrected chi connectivity index (χ0v) is 11.3. The SMILES string of the molecule is O=C=Nc1ccc(N2CCC(n3cccc3)CC2)cc1. The first-order valence-corrected chi connectivity index (χ1v) is 6.92. The molecule has 3 rings (SSSR count). The van der Waals surface area contributed by atoms with Crippen molar-refractivity contribution in [2.45, 2.75) is 18.9 Å². The van der Waals surface area contributed by atoms with E-state index in [1.807, 2.05) is 24.3 Å². The highest BCUT2D eigenvalue weighted by atomic mass is 16.1. The average molecular weight is 267 g/mol. The molecule has 1 aromatic heterocycles. The second kappa shape index (κ2) is 5.76. The fourth-order valence-electron chi connectivity index (χ4n) is 2.80. The van der Waals surface area contributed by atoms with Crippen LogP contribution < -0.4 is 4.90 Å². The fraction of sp³-hybridized carbons (Fsp3) is 0.312. The number of anilines is 1. The van der Waals surface area contributed by atoms with Gasteiger partial charge in [-0.15, -0.1) is 0 Å². The van der Waals surface area contributed by atoms with Crippen LogP contribution in [-0.4, -0.2) is 23.7 Å².